The van der Waals surface area contributed by atoms with E-state index in [1.807, 2.05) is 42.0 Å². The third-order valence-corrected chi connectivity index (χ3v) is 5.52. The fraction of sp³-hybridized carbons (Fsp3) is 0.190. The van der Waals surface area contributed by atoms with Crippen LogP contribution in [0.2, 0.25) is 0 Å². The molecule has 4 aromatic rings. The zero-order chi connectivity index (χ0) is 20.4. The van der Waals surface area contributed by atoms with Crippen LogP contribution in [0.15, 0.2) is 52.3 Å². The van der Waals surface area contributed by atoms with Crippen LogP contribution in [0.4, 0.5) is 4.39 Å². The topological polar surface area (TPSA) is 73.0 Å². The van der Waals surface area contributed by atoms with Crippen LogP contribution in [0.5, 0.6) is 0 Å². The highest BCUT2D eigenvalue weighted by molar-refractivity contribution is 7.13. The number of rotatable bonds is 6. The fourth-order valence-electron chi connectivity index (χ4n) is 3.10. The van der Waals surface area contributed by atoms with E-state index >= 15 is 0 Å². The standard InChI is InChI=1S/C21H19FN4O2S/c1-13-10-17(20-24-25-21(28-20)18-4-3-9-29-18)14(2)26(13)12-19(27)23-11-15-5-7-16(22)8-6-15/h3-10H,11-12H2,1-2H3,(H,23,27). The van der Waals surface area contributed by atoms with Gasteiger partial charge in [0.15, 0.2) is 0 Å². The Kier molecular flexibility index (Phi) is 5.26. The predicted molar refractivity (Wildman–Crippen MR) is 109 cm³/mol. The molecule has 0 aliphatic rings. The molecule has 148 valence electrons. The van der Waals surface area contributed by atoms with Crippen molar-refractivity contribution in [1.29, 1.82) is 0 Å². The van der Waals surface area contributed by atoms with Gasteiger partial charge in [-0.25, -0.2) is 4.39 Å². The first-order chi connectivity index (χ1) is 14.0. The van der Waals surface area contributed by atoms with Gasteiger partial charge in [-0.05, 0) is 49.1 Å². The summed E-state index contributed by atoms with van der Waals surface area (Å²) >= 11 is 1.53. The molecule has 0 bridgehead atoms. The first kappa shape index (κ1) is 19.1. The molecule has 0 fully saturated rings. The Balaban J connectivity index is 1.47. The molecule has 3 aromatic heterocycles. The lowest BCUT2D eigenvalue weighted by Gasteiger charge is -2.10. The van der Waals surface area contributed by atoms with E-state index in [0.29, 0.717) is 18.3 Å². The number of benzene rings is 1. The van der Waals surface area contributed by atoms with Crippen LogP contribution in [0.1, 0.15) is 17.0 Å². The molecule has 3 heterocycles. The van der Waals surface area contributed by atoms with E-state index in [0.717, 1.165) is 27.4 Å². The SMILES string of the molecule is Cc1cc(-c2nnc(-c3cccs3)o2)c(C)n1CC(=O)NCc1ccc(F)cc1. The average Bonchev–Trinajstić information content (AvgIpc) is 3.44. The molecule has 4 rings (SSSR count). The summed E-state index contributed by atoms with van der Waals surface area (Å²) in [5.74, 6) is 0.484. The lowest BCUT2D eigenvalue weighted by Crippen LogP contribution is -2.27. The summed E-state index contributed by atoms with van der Waals surface area (Å²) in [6, 6.07) is 11.9. The van der Waals surface area contributed by atoms with Gasteiger partial charge in [0.2, 0.25) is 11.8 Å². The first-order valence-corrected chi connectivity index (χ1v) is 9.95. The highest BCUT2D eigenvalue weighted by Crippen LogP contribution is 2.30. The second-order valence-electron chi connectivity index (χ2n) is 6.66. The van der Waals surface area contributed by atoms with Crippen molar-refractivity contribution >= 4 is 17.2 Å². The number of aromatic nitrogens is 3. The second-order valence-corrected chi connectivity index (χ2v) is 7.61. The highest BCUT2D eigenvalue weighted by atomic mass is 32.1. The monoisotopic (exact) mass is 410 g/mol. The molecule has 1 N–H and O–H groups in total. The maximum Gasteiger partial charge on any atom is 0.258 e. The van der Waals surface area contributed by atoms with Crippen LogP contribution in [0.25, 0.3) is 22.2 Å². The lowest BCUT2D eigenvalue weighted by atomic mass is 10.2. The maximum absolute atomic E-state index is 13.0. The summed E-state index contributed by atoms with van der Waals surface area (Å²) in [6.45, 7) is 4.37. The number of hydrogen-bond acceptors (Lipinski definition) is 5. The van der Waals surface area contributed by atoms with Gasteiger partial charge < -0.3 is 14.3 Å². The van der Waals surface area contributed by atoms with Crippen molar-refractivity contribution < 1.29 is 13.6 Å². The number of amides is 1. The summed E-state index contributed by atoms with van der Waals surface area (Å²) in [5, 5.41) is 13.1. The Morgan fingerprint density at radius 3 is 2.66 bits per heavy atom. The van der Waals surface area contributed by atoms with Gasteiger partial charge in [0.25, 0.3) is 5.89 Å². The number of hydrogen-bond donors (Lipinski definition) is 1. The molecule has 1 amide bonds. The molecule has 0 saturated heterocycles. The number of aryl methyl sites for hydroxylation is 1. The van der Waals surface area contributed by atoms with E-state index in [9.17, 15) is 9.18 Å². The Morgan fingerprint density at radius 1 is 1.17 bits per heavy atom. The van der Waals surface area contributed by atoms with Crippen molar-refractivity contribution in [1.82, 2.24) is 20.1 Å². The van der Waals surface area contributed by atoms with Gasteiger partial charge in [-0.15, -0.1) is 21.5 Å². The van der Waals surface area contributed by atoms with Gasteiger partial charge in [0.1, 0.15) is 12.4 Å². The summed E-state index contributed by atoms with van der Waals surface area (Å²) in [6.07, 6.45) is 0. The number of nitrogens with one attached hydrogen (secondary N) is 1. The summed E-state index contributed by atoms with van der Waals surface area (Å²) in [7, 11) is 0. The quantitative estimate of drug-likeness (QED) is 0.513. The van der Waals surface area contributed by atoms with Crippen molar-refractivity contribution in [3.05, 3.63) is 70.6 Å². The number of nitrogens with zero attached hydrogens (tertiary/aromatic N) is 3. The minimum Gasteiger partial charge on any atom is -0.415 e. The zero-order valence-electron chi connectivity index (χ0n) is 16.0. The molecule has 6 nitrogen and oxygen atoms in total. The van der Waals surface area contributed by atoms with Crippen LogP contribution in [0, 0.1) is 19.7 Å². The van der Waals surface area contributed by atoms with Gasteiger partial charge in [-0.2, -0.15) is 0 Å². The van der Waals surface area contributed by atoms with E-state index < -0.39 is 0 Å². The number of halogens is 1. The smallest absolute Gasteiger partial charge is 0.258 e. The minimum atomic E-state index is -0.297. The van der Waals surface area contributed by atoms with Crippen molar-refractivity contribution in [3.8, 4) is 22.2 Å². The van der Waals surface area contributed by atoms with Crippen LogP contribution in [-0.4, -0.2) is 20.7 Å². The molecule has 0 spiro atoms. The summed E-state index contributed by atoms with van der Waals surface area (Å²) in [4.78, 5) is 13.3. The largest absolute Gasteiger partial charge is 0.415 e. The lowest BCUT2D eigenvalue weighted by molar-refractivity contribution is -0.121. The Bertz CT molecular complexity index is 1130. The van der Waals surface area contributed by atoms with E-state index in [4.69, 9.17) is 4.42 Å². The molecule has 0 saturated carbocycles. The zero-order valence-corrected chi connectivity index (χ0v) is 16.8. The van der Waals surface area contributed by atoms with Crippen molar-refractivity contribution in [2.24, 2.45) is 0 Å². The third kappa shape index (κ3) is 4.12. The summed E-state index contributed by atoms with van der Waals surface area (Å²) < 4.78 is 20.7. The Hall–Kier alpha value is -3.26. The van der Waals surface area contributed by atoms with E-state index in [2.05, 4.69) is 15.5 Å². The molecule has 0 aliphatic carbocycles. The van der Waals surface area contributed by atoms with E-state index in [1.165, 1.54) is 23.5 Å². The normalized spacial score (nSPS) is 11.0. The average molecular weight is 410 g/mol. The molecule has 0 radical (unpaired) electrons. The molecule has 1 aromatic carbocycles. The van der Waals surface area contributed by atoms with Crippen molar-refractivity contribution in [3.63, 3.8) is 0 Å². The van der Waals surface area contributed by atoms with Gasteiger partial charge in [-0.3, -0.25) is 4.79 Å². The first-order valence-electron chi connectivity index (χ1n) is 9.07. The highest BCUT2D eigenvalue weighted by Gasteiger charge is 2.18. The molecule has 29 heavy (non-hydrogen) atoms. The number of carbonyl (C=O) groups excluding carboxylic acids is 1. The van der Waals surface area contributed by atoms with Gasteiger partial charge in [-0.1, -0.05) is 18.2 Å². The van der Waals surface area contributed by atoms with E-state index in [1.54, 1.807) is 12.1 Å². The van der Waals surface area contributed by atoms with Crippen LogP contribution in [0.3, 0.4) is 0 Å². The molecule has 0 atom stereocenters. The van der Waals surface area contributed by atoms with E-state index in [-0.39, 0.29) is 18.3 Å². The molecule has 8 heteroatoms. The van der Waals surface area contributed by atoms with Crippen LogP contribution >= 0.6 is 11.3 Å². The van der Waals surface area contributed by atoms with Crippen LogP contribution < -0.4 is 5.32 Å². The minimum absolute atomic E-state index is 0.132. The van der Waals surface area contributed by atoms with Crippen molar-refractivity contribution in [2.75, 3.05) is 0 Å². The van der Waals surface area contributed by atoms with Gasteiger partial charge >= 0.3 is 0 Å². The van der Waals surface area contributed by atoms with Crippen molar-refractivity contribution in [2.45, 2.75) is 26.9 Å². The van der Waals surface area contributed by atoms with Gasteiger partial charge in [0.05, 0.1) is 10.4 Å². The predicted octanol–water partition coefficient (Wildman–Crippen LogP) is 4.34. The Morgan fingerprint density at radius 2 is 1.93 bits per heavy atom. The maximum atomic E-state index is 13.0. The molecule has 0 aliphatic heterocycles. The second kappa shape index (κ2) is 8.00. The third-order valence-electron chi connectivity index (χ3n) is 4.67. The molecular formula is C21H19FN4O2S. The number of thiophene rings is 1. The number of carbonyl (C=O) groups is 1. The Labute approximate surface area is 171 Å². The van der Waals surface area contributed by atoms with Crippen LogP contribution in [-0.2, 0) is 17.9 Å². The van der Waals surface area contributed by atoms with Gasteiger partial charge in [0, 0.05) is 17.9 Å². The fourth-order valence-corrected chi connectivity index (χ4v) is 3.74. The summed E-state index contributed by atoms with van der Waals surface area (Å²) in [5.41, 5.74) is 3.45. The molecule has 0 unspecified atom stereocenters. The molecular weight excluding hydrogens is 391 g/mol.